The summed E-state index contributed by atoms with van der Waals surface area (Å²) in [5.41, 5.74) is 3.41. The van der Waals surface area contributed by atoms with Crippen molar-refractivity contribution in [1.82, 2.24) is 0 Å². The third-order valence-corrected chi connectivity index (χ3v) is 5.10. The molecule has 19 heavy (non-hydrogen) atoms. The van der Waals surface area contributed by atoms with Crippen molar-refractivity contribution in [2.75, 3.05) is 5.32 Å². The molecule has 2 aromatic rings. The number of carboxylic acids is 1. The van der Waals surface area contributed by atoms with Gasteiger partial charge in [0.15, 0.2) is 0 Å². The Morgan fingerprint density at radius 3 is 2.47 bits per heavy atom. The summed E-state index contributed by atoms with van der Waals surface area (Å²) in [6.45, 7) is 4.74. The largest absolute Gasteiger partial charge is 0.477 e. The van der Waals surface area contributed by atoms with Gasteiger partial charge in [-0.2, -0.15) is 0 Å². The monoisotopic (exact) mass is 339 g/mol. The number of carbonyl (C=O) groups is 1. The first-order valence-electron chi connectivity index (χ1n) is 5.80. The van der Waals surface area contributed by atoms with Crippen molar-refractivity contribution in [2.24, 2.45) is 0 Å². The molecule has 2 rings (SSSR count). The third kappa shape index (κ3) is 3.36. The maximum Gasteiger partial charge on any atom is 0.345 e. The summed E-state index contributed by atoms with van der Waals surface area (Å²) in [6.07, 6.45) is 0. The van der Waals surface area contributed by atoms with E-state index in [0.29, 0.717) is 11.4 Å². The van der Waals surface area contributed by atoms with E-state index in [4.69, 9.17) is 5.11 Å². The van der Waals surface area contributed by atoms with Gasteiger partial charge in [0, 0.05) is 21.6 Å². The number of hydrogen-bond donors (Lipinski definition) is 2. The van der Waals surface area contributed by atoms with Crippen LogP contribution in [0.5, 0.6) is 0 Å². The number of hydrogen-bond acceptors (Lipinski definition) is 3. The quantitative estimate of drug-likeness (QED) is 0.865. The summed E-state index contributed by atoms with van der Waals surface area (Å²) in [4.78, 5) is 12.2. The highest BCUT2D eigenvalue weighted by atomic mass is 79.9. The van der Waals surface area contributed by atoms with Crippen molar-refractivity contribution < 1.29 is 9.90 Å². The summed E-state index contributed by atoms with van der Waals surface area (Å²) in [6, 6.07) is 7.63. The molecule has 0 spiro atoms. The summed E-state index contributed by atoms with van der Waals surface area (Å²) in [7, 11) is 0. The lowest BCUT2D eigenvalue weighted by Crippen LogP contribution is -1.98. The zero-order valence-corrected chi connectivity index (χ0v) is 13.1. The number of benzene rings is 1. The zero-order chi connectivity index (χ0) is 14.0. The van der Waals surface area contributed by atoms with Gasteiger partial charge >= 0.3 is 5.97 Å². The average molecular weight is 340 g/mol. The van der Waals surface area contributed by atoms with Crippen molar-refractivity contribution in [3.63, 3.8) is 0 Å². The van der Waals surface area contributed by atoms with Gasteiger partial charge in [-0.1, -0.05) is 15.9 Å². The van der Waals surface area contributed by atoms with Crippen molar-refractivity contribution in [1.29, 1.82) is 0 Å². The van der Waals surface area contributed by atoms with Gasteiger partial charge in [-0.25, -0.2) is 4.79 Å². The molecule has 0 amide bonds. The number of carboxylic acid groups (broad SMARTS) is 1. The first-order chi connectivity index (χ1) is 8.97. The van der Waals surface area contributed by atoms with Crippen LogP contribution in [0.1, 0.15) is 25.7 Å². The van der Waals surface area contributed by atoms with Crippen LogP contribution in [-0.4, -0.2) is 11.1 Å². The molecular formula is C14H14BrNO2S. The molecule has 0 fully saturated rings. The van der Waals surface area contributed by atoms with E-state index in [9.17, 15) is 4.79 Å². The Hall–Kier alpha value is -1.33. The molecule has 0 aliphatic carbocycles. The van der Waals surface area contributed by atoms with Crippen LogP contribution in [0, 0.1) is 13.8 Å². The van der Waals surface area contributed by atoms with Crippen molar-refractivity contribution in [3.05, 3.63) is 49.6 Å². The standard InChI is InChI=1S/C14H14BrNO2S/c1-8-5-10(6-9(2)13(8)15)16-7-11-3-4-12(19-11)14(17)18/h3-6,16H,7H2,1-2H3,(H,17,18). The van der Waals surface area contributed by atoms with Gasteiger partial charge in [-0.05, 0) is 49.2 Å². The molecule has 5 heteroatoms. The summed E-state index contributed by atoms with van der Waals surface area (Å²) < 4.78 is 1.13. The van der Waals surface area contributed by atoms with E-state index in [2.05, 4.69) is 47.2 Å². The molecule has 0 bridgehead atoms. The van der Waals surface area contributed by atoms with Crippen molar-refractivity contribution in [2.45, 2.75) is 20.4 Å². The molecule has 1 aromatic heterocycles. The SMILES string of the molecule is Cc1cc(NCc2ccc(C(=O)O)s2)cc(C)c1Br. The lowest BCUT2D eigenvalue weighted by Gasteiger charge is -2.09. The molecule has 1 heterocycles. The molecule has 2 N–H and O–H groups in total. The second-order valence-corrected chi connectivity index (χ2v) is 6.31. The smallest absolute Gasteiger partial charge is 0.345 e. The van der Waals surface area contributed by atoms with Gasteiger partial charge in [0.25, 0.3) is 0 Å². The highest BCUT2D eigenvalue weighted by molar-refractivity contribution is 9.10. The van der Waals surface area contributed by atoms with Crippen LogP contribution in [-0.2, 0) is 6.54 Å². The van der Waals surface area contributed by atoms with E-state index in [1.165, 1.54) is 22.5 Å². The number of anilines is 1. The molecule has 0 saturated heterocycles. The predicted octanol–water partition coefficient (Wildman–Crippen LogP) is 4.44. The van der Waals surface area contributed by atoms with Crippen LogP contribution in [0.25, 0.3) is 0 Å². The first kappa shape index (κ1) is 14.1. The fraction of sp³-hybridized carbons (Fsp3) is 0.214. The topological polar surface area (TPSA) is 49.3 Å². The molecule has 0 saturated carbocycles. The van der Waals surface area contributed by atoms with Crippen LogP contribution in [0.2, 0.25) is 0 Å². The van der Waals surface area contributed by atoms with E-state index in [0.717, 1.165) is 15.0 Å². The molecular weight excluding hydrogens is 326 g/mol. The van der Waals surface area contributed by atoms with Gasteiger partial charge in [0.2, 0.25) is 0 Å². The number of nitrogens with one attached hydrogen (secondary N) is 1. The van der Waals surface area contributed by atoms with Gasteiger partial charge in [0.1, 0.15) is 4.88 Å². The Bertz CT molecular complexity index is 599. The van der Waals surface area contributed by atoms with Crippen LogP contribution >= 0.6 is 27.3 Å². The van der Waals surface area contributed by atoms with Crippen molar-refractivity contribution >= 4 is 38.9 Å². The Morgan fingerprint density at radius 2 is 1.95 bits per heavy atom. The minimum atomic E-state index is -0.869. The highest BCUT2D eigenvalue weighted by Crippen LogP contribution is 2.26. The van der Waals surface area contributed by atoms with E-state index in [-0.39, 0.29) is 0 Å². The minimum Gasteiger partial charge on any atom is -0.477 e. The fourth-order valence-corrected chi connectivity index (χ4v) is 2.84. The zero-order valence-electron chi connectivity index (χ0n) is 10.7. The van der Waals surface area contributed by atoms with E-state index in [1.54, 1.807) is 6.07 Å². The van der Waals surface area contributed by atoms with Crippen molar-refractivity contribution in [3.8, 4) is 0 Å². The minimum absolute atomic E-state index is 0.375. The molecule has 0 aliphatic rings. The normalized spacial score (nSPS) is 10.5. The molecule has 0 aliphatic heterocycles. The van der Waals surface area contributed by atoms with Gasteiger partial charge < -0.3 is 10.4 Å². The molecule has 3 nitrogen and oxygen atoms in total. The van der Waals surface area contributed by atoms with E-state index >= 15 is 0 Å². The number of halogens is 1. The lowest BCUT2D eigenvalue weighted by molar-refractivity contribution is 0.0702. The third-order valence-electron chi connectivity index (χ3n) is 2.78. The number of rotatable bonds is 4. The maximum absolute atomic E-state index is 10.8. The maximum atomic E-state index is 10.8. The van der Waals surface area contributed by atoms with E-state index < -0.39 is 5.97 Å². The molecule has 0 atom stereocenters. The Kier molecular flexibility index (Phi) is 4.27. The summed E-state index contributed by atoms with van der Waals surface area (Å²) in [5, 5.41) is 12.2. The van der Waals surface area contributed by atoms with E-state index in [1.807, 2.05) is 6.07 Å². The average Bonchev–Trinajstić information content (AvgIpc) is 2.82. The predicted molar refractivity (Wildman–Crippen MR) is 82.2 cm³/mol. The van der Waals surface area contributed by atoms with Crippen LogP contribution in [0.3, 0.4) is 0 Å². The van der Waals surface area contributed by atoms with Gasteiger partial charge in [-0.3, -0.25) is 0 Å². The summed E-state index contributed by atoms with van der Waals surface area (Å²) in [5.74, 6) is -0.869. The van der Waals surface area contributed by atoms with Crippen LogP contribution in [0.4, 0.5) is 5.69 Å². The Labute approximate surface area is 124 Å². The lowest BCUT2D eigenvalue weighted by atomic mass is 10.1. The molecule has 100 valence electrons. The molecule has 1 aromatic carbocycles. The van der Waals surface area contributed by atoms with Gasteiger partial charge in [-0.15, -0.1) is 11.3 Å². The van der Waals surface area contributed by atoms with Crippen LogP contribution in [0.15, 0.2) is 28.7 Å². The van der Waals surface area contributed by atoms with Crippen LogP contribution < -0.4 is 5.32 Å². The Balaban J connectivity index is 2.08. The number of thiophene rings is 1. The molecule has 0 unspecified atom stereocenters. The Morgan fingerprint density at radius 1 is 1.32 bits per heavy atom. The number of aryl methyl sites for hydroxylation is 2. The highest BCUT2D eigenvalue weighted by Gasteiger charge is 2.07. The van der Waals surface area contributed by atoms with Gasteiger partial charge in [0.05, 0.1) is 0 Å². The molecule has 0 radical (unpaired) electrons. The number of aromatic carboxylic acids is 1. The second kappa shape index (κ2) is 5.75. The first-order valence-corrected chi connectivity index (χ1v) is 7.41. The summed E-state index contributed by atoms with van der Waals surface area (Å²) >= 11 is 4.84. The fourth-order valence-electron chi connectivity index (χ4n) is 1.83. The second-order valence-electron chi connectivity index (χ2n) is 4.35.